The van der Waals surface area contributed by atoms with Gasteiger partial charge in [-0.3, -0.25) is 14.6 Å². The molecular formula is C28H30N6O3S. The smallest absolute Gasteiger partial charge is 0.324 e. The summed E-state index contributed by atoms with van der Waals surface area (Å²) in [4.78, 5) is 20.7. The molecule has 0 atom stereocenters. The summed E-state index contributed by atoms with van der Waals surface area (Å²) >= 11 is 1.69. The van der Waals surface area contributed by atoms with Gasteiger partial charge in [-0.2, -0.15) is 0 Å². The van der Waals surface area contributed by atoms with E-state index in [9.17, 15) is 4.79 Å². The zero-order valence-corrected chi connectivity index (χ0v) is 22.5. The van der Waals surface area contributed by atoms with Crippen molar-refractivity contribution in [3.8, 4) is 11.3 Å². The number of nitrogens with zero attached hydrogens (tertiary/aromatic N) is 4. The third kappa shape index (κ3) is 5.15. The average molecular weight is 531 g/mol. The minimum Gasteiger partial charge on any atom is -0.379 e. The van der Waals surface area contributed by atoms with Crippen molar-refractivity contribution in [3.63, 3.8) is 0 Å². The lowest BCUT2D eigenvalue weighted by atomic mass is 9.93. The zero-order chi connectivity index (χ0) is 26.3. The van der Waals surface area contributed by atoms with Crippen LogP contribution < -0.4 is 10.6 Å². The number of benzene rings is 2. The number of hydrogen-bond donors (Lipinski definition) is 2. The number of morpholine rings is 1. The number of thiazole rings is 1. The molecule has 5 aromatic rings. The number of urea groups is 1. The van der Waals surface area contributed by atoms with Crippen molar-refractivity contribution in [3.05, 3.63) is 66.1 Å². The second kappa shape index (κ2) is 9.86. The van der Waals surface area contributed by atoms with Crippen LogP contribution in [0.3, 0.4) is 0 Å². The van der Waals surface area contributed by atoms with E-state index in [1.165, 1.54) is 15.8 Å². The number of imidazole rings is 1. The van der Waals surface area contributed by atoms with Gasteiger partial charge in [-0.1, -0.05) is 55.5 Å². The van der Waals surface area contributed by atoms with Gasteiger partial charge < -0.3 is 14.6 Å². The van der Waals surface area contributed by atoms with Gasteiger partial charge in [0.2, 0.25) is 0 Å². The number of hydrogen-bond acceptors (Lipinski definition) is 7. The van der Waals surface area contributed by atoms with Gasteiger partial charge in [0.25, 0.3) is 0 Å². The molecule has 4 heterocycles. The molecule has 0 aliphatic carbocycles. The van der Waals surface area contributed by atoms with Gasteiger partial charge in [0.15, 0.2) is 10.8 Å². The van der Waals surface area contributed by atoms with E-state index >= 15 is 0 Å². The molecule has 1 fully saturated rings. The molecule has 1 aliphatic heterocycles. The number of ether oxygens (including phenoxy) is 1. The van der Waals surface area contributed by atoms with Crippen LogP contribution in [0.15, 0.2) is 59.3 Å². The number of carbonyl (C=O) groups is 1. The number of rotatable bonds is 5. The van der Waals surface area contributed by atoms with E-state index in [2.05, 4.69) is 49.5 Å². The molecule has 10 heteroatoms. The van der Waals surface area contributed by atoms with Crippen LogP contribution in [0.2, 0.25) is 0 Å². The number of amides is 2. The van der Waals surface area contributed by atoms with Gasteiger partial charge in [0.05, 0.1) is 29.1 Å². The number of anilines is 2. The Bertz CT molecular complexity index is 1590. The van der Waals surface area contributed by atoms with E-state index < -0.39 is 0 Å². The number of fused-ring (bicyclic) bond motifs is 3. The van der Waals surface area contributed by atoms with Gasteiger partial charge in [0, 0.05) is 48.6 Å². The maximum Gasteiger partial charge on any atom is 0.324 e. The van der Waals surface area contributed by atoms with Crippen molar-refractivity contribution in [1.29, 1.82) is 0 Å². The fourth-order valence-corrected chi connectivity index (χ4v) is 5.48. The average Bonchev–Trinajstić information content (AvgIpc) is 3.60. The Morgan fingerprint density at radius 3 is 2.58 bits per heavy atom. The molecule has 0 spiro atoms. The van der Waals surface area contributed by atoms with Crippen molar-refractivity contribution in [2.45, 2.75) is 32.7 Å². The molecule has 3 aromatic heterocycles. The Morgan fingerprint density at radius 1 is 1.05 bits per heavy atom. The van der Waals surface area contributed by atoms with Crippen LogP contribution in [0, 0.1) is 0 Å². The van der Waals surface area contributed by atoms with Gasteiger partial charge >= 0.3 is 6.03 Å². The van der Waals surface area contributed by atoms with E-state index in [0.717, 1.165) is 49.1 Å². The fourth-order valence-electron chi connectivity index (χ4n) is 4.49. The molecule has 38 heavy (non-hydrogen) atoms. The summed E-state index contributed by atoms with van der Waals surface area (Å²) < 4.78 is 14.2. The molecule has 0 bridgehead atoms. The summed E-state index contributed by atoms with van der Waals surface area (Å²) in [5.41, 5.74) is 4.83. The number of nitrogens with one attached hydrogen (secondary N) is 2. The third-order valence-electron chi connectivity index (χ3n) is 6.60. The molecule has 196 valence electrons. The fraction of sp³-hybridized carbons (Fsp3) is 0.321. The molecule has 1 aliphatic rings. The van der Waals surface area contributed by atoms with Crippen LogP contribution in [0.1, 0.15) is 32.1 Å². The van der Waals surface area contributed by atoms with E-state index in [4.69, 9.17) is 14.2 Å². The molecule has 0 unspecified atom stereocenters. The SMILES string of the molecule is CC(C)(C)c1cc(NC(=O)Nc2ccc(-c3cn4c(n3)sc3ccc(CN5CCOCC5)cc34)cc2)no1. The van der Waals surface area contributed by atoms with Crippen molar-refractivity contribution >= 4 is 44.1 Å². The molecule has 2 aromatic carbocycles. The van der Waals surface area contributed by atoms with Gasteiger partial charge in [0.1, 0.15) is 5.76 Å². The summed E-state index contributed by atoms with van der Waals surface area (Å²) in [5, 5.41) is 9.47. The number of aromatic nitrogens is 3. The summed E-state index contributed by atoms with van der Waals surface area (Å²) in [6.45, 7) is 10.5. The Balaban J connectivity index is 1.15. The second-order valence-electron chi connectivity index (χ2n) is 10.6. The standard InChI is InChI=1S/C28H30N6O3S/c1-28(2,3)24-15-25(32-37-24)31-26(35)29-20-7-5-19(6-8-20)21-17-34-22-14-18(16-33-10-12-36-13-11-33)4-9-23(22)38-27(34)30-21/h4-9,14-15,17H,10-13,16H2,1-3H3,(H2,29,31,32,35). The second-order valence-corrected chi connectivity index (χ2v) is 11.6. The summed E-state index contributed by atoms with van der Waals surface area (Å²) in [6.07, 6.45) is 2.08. The first-order valence-corrected chi connectivity index (χ1v) is 13.5. The van der Waals surface area contributed by atoms with Crippen LogP contribution >= 0.6 is 11.3 Å². The predicted molar refractivity (Wildman–Crippen MR) is 150 cm³/mol. The first kappa shape index (κ1) is 24.6. The first-order valence-electron chi connectivity index (χ1n) is 12.7. The summed E-state index contributed by atoms with van der Waals surface area (Å²) in [7, 11) is 0. The normalized spacial score (nSPS) is 14.8. The first-order chi connectivity index (χ1) is 18.3. The lowest BCUT2D eigenvalue weighted by Crippen LogP contribution is -2.35. The summed E-state index contributed by atoms with van der Waals surface area (Å²) in [6, 6.07) is 15.7. The maximum absolute atomic E-state index is 12.4. The van der Waals surface area contributed by atoms with Crippen LogP contribution in [-0.4, -0.2) is 51.8 Å². The molecule has 0 saturated carbocycles. The van der Waals surface area contributed by atoms with Crippen molar-refractivity contribution in [2.75, 3.05) is 36.9 Å². The minimum atomic E-state index is -0.381. The monoisotopic (exact) mass is 530 g/mol. The highest BCUT2D eigenvalue weighted by molar-refractivity contribution is 7.23. The van der Waals surface area contributed by atoms with Crippen LogP contribution in [0.4, 0.5) is 16.3 Å². The van der Waals surface area contributed by atoms with Crippen LogP contribution in [-0.2, 0) is 16.7 Å². The Kier molecular flexibility index (Phi) is 6.38. The molecule has 2 N–H and O–H groups in total. The van der Waals surface area contributed by atoms with Crippen molar-refractivity contribution in [1.82, 2.24) is 19.4 Å². The molecular weight excluding hydrogens is 500 g/mol. The molecule has 6 rings (SSSR count). The van der Waals surface area contributed by atoms with E-state index in [-0.39, 0.29) is 11.4 Å². The van der Waals surface area contributed by atoms with Crippen molar-refractivity contribution in [2.24, 2.45) is 0 Å². The highest BCUT2D eigenvalue weighted by Gasteiger charge is 2.20. The highest BCUT2D eigenvalue weighted by atomic mass is 32.1. The third-order valence-corrected chi connectivity index (χ3v) is 7.63. The molecule has 2 amide bonds. The topological polar surface area (TPSA) is 96.9 Å². The van der Waals surface area contributed by atoms with Gasteiger partial charge in [-0.15, -0.1) is 0 Å². The molecule has 1 saturated heterocycles. The number of carbonyl (C=O) groups excluding carboxylic acids is 1. The van der Waals surface area contributed by atoms with E-state index in [0.29, 0.717) is 17.3 Å². The lowest BCUT2D eigenvalue weighted by molar-refractivity contribution is 0.0342. The van der Waals surface area contributed by atoms with Crippen LogP contribution in [0.25, 0.3) is 26.4 Å². The van der Waals surface area contributed by atoms with E-state index in [1.54, 1.807) is 17.4 Å². The Labute approximate surface area is 224 Å². The van der Waals surface area contributed by atoms with E-state index in [1.807, 2.05) is 45.0 Å². The van der Waals surface area contributed by atoms with Crippen molar-refractivity contribution < 1.29 is 14.1 Å². The zero-order valence-electron chi connectivity index (χ0n) is 21.7. The quantitative estimate of drug-likeness (QED) is 0.290. The molecule has 0 radical (unpaired) electrons. The maximum atomic E-state index is 12.4. The summed E-state index contributed by atoms with van der Waals surface area (Å²) in [5.74, 6) is 1.08. The largest absolute Gasteiger partial charge is 0.379 e. The Hall–Kier alpha value is -3.73. The van der Waals surface area contributed by atoms with Gasteiger partial charge in [-0.25, -0.2) is 9.78 Å². The lowest BCUT2D eigenvalue weighted by Gasteiger charge is -2.26. The Morgan fingerprint density at radius 2 is 1.84 bits per heavy atom. The minimum absolute atomic E-state index is 0.182. The van der Waals surface area contributed by atoms with Crippen LogP contribution in [0.5, 0.6) is 0 Å². The predicted octanol–water partition coefficient (Wildman–Crippen LogP) is 5.98. The highest BCUT2D eigenvalue weighted by Crippen LogP contribution is 2.31. The van der Waals surface area contributed by atoms with Gasteiger partial charge in [-0.05, 0) is 29.8 Å². The molecule has 9 nitrogen and oxygen atoms in total.